The number of aromatic hydroxyl groups is 1. The summed E-state index contributed by atoms with van der Waals surface area (Å²) in [5.41, 5.74) is 0.793. The molecule has 0 radical (unpaired) electrons. The van der Waals surface area contributed by atoms with E-state index in [4.69, 9.17) is 5.11 Å². The number of aryl methyl sites for hydroxylation is 1. The van der Waals surface area contributed by atoms with Crippen LogP contribution < -0.4 is 0 Å². The molecule has 0 unspecified atom stereocenters. The first-order valence-electron chi connectivity index (χ1n) is 8.86. The number of unbranched alkanes of at least 4 members (excludes halogenated alkanes) is 7. The highest BCUT2D eigenvalue weighted by molar-refractivity contribution is 5.92. The van der Waals surface area contributed by atoms with Gasteiger partial charge in [-0.15, -0.1) is 0 Å². The van der Waals surface area contributed by atoms with Crippen LogP contribution in [0.2, 0.25) is 0 Å². The summed E-state index contributed by atoms with van der Waals surface area (Å²) in [4.78, 5) is 11.2. The first-order valence-corrected chi connectivity index (χ1v) is 8.86. The van der Waals surface area contributed by atoms with Crippen molar-refractivity contribution in [3.8, 4) is 5.75 Å². The van der Waals surface area contributed by atoms with Crippen LogP contribution in [-0.2, 0) is 6.42 Å². The highest BCUT2D eigenvalue weighted by Crippen LogP contribution is 2.23. The van der Waals surface area contributed by atoms with Gasteiger partial charge in [-0.1, -0.05) is 63.3 Å². The molecule has 0 atom stereocenters. The minimum atomic E-state index is -1.05. The Labute approximate surface area is 140 Å². The standard InChI is InChI=1S/C20H30O3/c1-2-3-4-5-6-7-8-9-10-11-12-14-17-15-13-16-18(21)19(17)20(22)23/h5-6,13,15-16,21H,2-4,7-12,14H2,1H3,(H,22,23)/b6-5-. The summed E-state index contributed by atoms with van der Waals surface area (Å²) >= 11 is 0. The molecule has 0 saturated carbocycles. The Balaban J connectivity index is 2.15. The Bertz CT molecular complexity index is 492. The third kappa shape index (κ3) is 7.87. The molecule has 23 heavy (non-hydrogen) atoms. The number of hydrogen-bond donors (Lipinski definition) is 2. The van der Waals surface area contributed by atoms with Crippen LogP contribution in [0.15, 0.2) is 30.4 Å². The summed E-state index contributed by atoms with van der Waals surface area (Å²) in [5, 5.41) is 18.8. The lowest BCUT2D eigenvalue weighted by Gasteiger charge is -2.07. The maximum atomic E-state index is 11.2. The average Bonchev–Trinajstić information content (AvgIpc) is 2.52. The highest BCUT2D eigenvalue weighted by atomic mass is 16.4. The molecule has 1 aromatic rings. The predicted molar refractivity (Wildman–Crippen MR) is 95.1 cm³/mol. The molecule has 0 spiro atoms. The summed E-state index contributed by atoms with van der Waals surface area (Å²) in [6.45, 7) is 2.21. The van der Waals surface area contributed by atoms with Crippen LogP contribution in [0, 0.1) is 0 Å². The predicted octanol–water partition coefficient (Wildman–Crippen LogP) is 5.72. The van der Waals surface area contributed by atoms with Crippen molar-refractivity contribution in [2.24, 2.45) is 0 Å². The minimum absolute atomic E-state index is 0.0599. The van der Waals surface area contributed by atoms with Crippen molar-refractivity contribution in [1.29, 1.82) is 0 Å². The number of aromatic carboxylic acids is 1. The van der Waals surface area contributed by atoms with Gasteiger partial charge < -0.3 is 10.2 Å². The van der Waals surface area contributed by atoms with Gasteiger partial charge in [0.05, 0.1) is 0 Å². The van der Waals surface area contributed by atoms with Crippen LogP contribution in [0.3, 0.4) is 0 Å². The van der Waals surface area contributed by atoms with Crippen LogP contribution in [0.5, 0.6) is 5.75 Å². The van der Waals surface area contributed by atoms with E-state index in [0.29, 0.717) is 6.42 Å². The Morgan fingerprint density at radius 2 is 1.65 bits per heavy atom. The van der Waals surface area contributed by atoms with E-state index in [-0.39, 0.29) is 11.3 Å². The zero-order chi connectivity index (χ0) is 16.9. The Morgan fingerprint density at radius 3 is 2.35 bits per heavy atom. The van der Waals surface area contributed by atoms with Gasteiger partial charge in [0.2, 0.25) is 0 Å². The van der Waals surface area contributed by atoms with Gasteiger partial charge in [0, 0.05) is 0 Å². The lowest BCUT2D eigenvalue weighted by Crippen LogP contribution is -2.03. The molecule has 0 amide bonds. The molecule has 2 N–H and O–H groups in total. The molecular formula is C20H30O3. The summed E-state index contributed by atoms with van der Waals surface area (Å²) in [7, 11) is 0. The molecule has 0 aliphatic carbocycles. The van der Waals surface area contributed by atoms with Crippen LogP contribution in [-0.4, -0.2) is 16.2 Å². The van der Waals surface area contributed by atoms with E-state index in [2.05, 4.69) is 19.1 Å². The Morgan fingerprint density at radius 1 is 1.00 bits per heavy atom. The Hall–Kier alpha value is -1.77. The Kier molecular flexibility index (Phi) is 9.85. The fraction of sp³-hybridized carbons (Fsp3) is 0.550. The van der Waals surface area contributed by atoms with Crippen molar-refractivity contribution in [2.45, 2.75) is 71.1 Å². The molecule has 0 aliphatic heterocycles. The molecule has 3 nitrogen and oxygen atoms in total. The number of carboxylic acid groups (broad SMARTS) is 1. The topological polar surface area (TPSA) is 57.5 Å². The van der Waals surface area contributed by atoms with Gasteiger partial charge >= 0.3 is 5.97 Å². The van der Waals surface area contributed by atoms with Crippen molar-refractivity contribution < 1.29 is 15.0 Å². The average molecular weight is 318 g/mol. The van der Waals surface area contributed by atoms with Crippen molar-refractivity contribution >= 4 is 5.97 Å². The molecule has 1 rings (SSSR count). The quantitative estimate of drug-likeness (QED) is 0.383. The SMILES string of the molecule is CCCC/C=C\CCCCCCCc1cccc(O)c1C(=O)O. The number of allylic oxidation sites excluding steroid dienone is 2. The summed E-state index contributed by atoms with van der Waals surface area (Å²) in [5.74, 6) is -1.18. The third-order valence-corrected chi connectivity index (χ3v) is 4.05. The fourth-order valence-electron chi connectivity index (χ4n) is 2.71. The maximum absolute atomic E-state index is 11.2. The van der Waals surface area contributed by atoms with Gasteiger partial charge in [0.15, 0.2) is 0 Å². The maximum Gasteiger partial charge on any atom is 0.339 e. The third-order valence-electron chi connectivity index (χ3n) is 4.05. The molecule has 0 saturated heterocycles. The van der Waals surface area contributed by atoms with Gasteiger partial charge in [-0.05, 0) is 43.7 Å². The van der Waals surface area contributed by atoms with E-state index in [1.165, 1.54) is 51.0 Å². The van der Waals surface area contributed by atoms with Crippen molar-refractivity contribution in [3.63, 3.8) is 0 Å². The number of carbonyl (C=O) groups is 1. The van der Waals surface area contributed by atoms with E-state index in [1.54, 1.807) is 12.1 Å². The van der Waals surface area contributed by atoms with Crippen LogP contribution in [0.4, 0.5) is 0 Å². The summed E-state index contributed by atoms with van der Waals surface area (Å²) < 4.78 is 0. The second kappa shape index (κ2) is 11.8. The van der Waals surface area contributed by atoms with E-state index < -0.39 is 5.97 Å². The zero-order valence-electron chi connectivity index (χ0n) is 14.3. The monoisotopic (exact) mass is 318 g/mol. The minimum Gasteiger partial charge on any atom is -0.507 e. The molecule has 0 heterocycles. The molecule has 0 fully saturated rings. The van der Waals surface area contributed by atoms with Gasteiger partial charge in [0.1, 0.15) is 11.3 Å². The number of rotatable bonds is 12. The fourth-order valence-corrected chi connectivity index (χ4v) is 2.71. The largest absolute Gasteiger partial charge is 0.507 e. The van der Waals surface area contributed by atoms with Gasteiger partial charge in [-0.2, -0.15) is 0 Å². The molecule has 1 aromatic carbocycles. The molecule has 0 bridgehead atoms. The number of benzene rings is 1. The van der Waals surface area contributed by atoms with Gasteiger partial charge in [-0.3, -0.25) is 0 Å². The zero-order valence-corrected chi connectivity index (χ0v) is 14.3. The van der Waals surface area contributed by atoms with E-state index in [1.807, 2.05) is 0 Å². The molecular weight excluding hydrogens is 288 g/mol. The van der Waals surface area contributed by atoms with Crippen molar-refractivity contribution in [1.82, 2.24) is 0 Å². The first kappa shape index (κ1) is 19.3. The molecule has 3 heteroatoms. The van der Waals surface area contributed by atoms with Crippen LogP contribution in [0.1, 0.15) is 80.6 Å². The van der Waals surface area contributed by atoms with Gasteiger partial charge in [0.25, 0.3) is 0 Å². The number of carboxylic acids is 1. The smallest absolute Gasteiger partial charge is 0.339 e. The van der Waals surface area contributed by atoms with Crippen molar-refractivity contribution in [2.75, 3.05) is 0 Å². The lowest BCUT2D eigenvalue weighted by molar-refractivity contribution is 0.0692. The van der Waals surface area contributed by atoms with Gasteiger partial charge in [-0.25, -0.2) is 4.79 Å². The second-order valence-corrected chi connectivity index (χ2v) is 6.04. The number of hydrogen-bond acceptors (Lipinski definition) is 2. The lowest BCUT2D eigenvalue weighted by atomic mass is 9.99. The van der Waals surface area contributed by atoms with E-state index in [9.17, 15) is 9.90 Å². The van der Waals surface area contributed by atoms with Crippen molar-refractivity contribution in [3.05, 3.63) is 41.5 Å². The van der Waals surface area contributed by atoms with E-state index in [0.717, 1.165) is 18.4 Å². The first-order chi connectivity index (χ1) is 11.2. The number of phenols is 1. The normalized spacial score (nSPS) is 11.2. The summed E-state index contributed by atoms with van der Waals surface area (Å²) in [6, 6.07) is 4.94. The summed E-state index contributed by atoms with van der Waals surface area (Å²) in [6.07, 6.45) is 15.9. The van der Waals surface area contributed by atoms with Crippen LogP contribution >= 0.6 is 0 Å². The molecule has 0 aliphatic rings. The highest BCUT2D eigenvalue weighted by Gasteiger charge is 2.14. The van der Waals surface area contributed by atoms with E-state index >= 15 is 0 Å². The molecule has 128 valence electrons. The van der Waals surface area contributed by atoms with Crippen LogP contribution in [0.25, 0.3) is 0 Å². The molecule has 0 aromatic heterocycles. The second-order valence-electron chi connectivity index (χ2n) is 6.04.